The van der Waals surface area contributed by atoms with Gasteiger partial charge >= 0.3 is 0 Å². The summed E-state index contributed by atoms with van der Waals surface area (Å²) in [6, 6.07) is 6.80. The second kappa shape index (κ2) is 6.23. The standard InChI is InChI=1S/C15H21ClN2O/c16-13-2-3-14-12(11-13)1-4-15(14)17-5-6-18-7-9-19-10-8-18/h2-3,11,15,17H,1,4-10H2. The normalized spacial score (nSPS) is 23.5. The van der Waals surface area contributed by atoms with Gasteiger partial charge in [-0.25, -0.2) is 0 Å². The summed E-state index contributed by atoms with van der Waals surface area (Å²) in [6.07, 6.45) is 2.34. The van der Waals surface area contributed by atoms with Gasteiger partial charge in [-0.15, -0.1) is 0 Å². The molecule has 0 radical (unpaired) electrons. The van der Waals surface area contributed by atoms with Crippen molar-refractivity contribution in [1.29, 1.82) is 0 Å². The summed E-state index contributed by atoms with van der Waals surface area (Å²) in [4.78, 5) is 2.47. The van der Waals surface area contributed by atoms with Gasteiger partial charge in [0.1, 0.15) is 0 Å². The largest absolute Gasteiger partial charge is 0.379 e. The maximum absolute atomic E-state index is 6.04. The van der Waals surface area contributed by atoms with Gasteiger partial charge in [0, 0.05) is 37.2 Å². The molecular formula is C15H21ClN2O. The lowest BCUT2D eigenvalue weighted by molar-refractivity contribution is 0.0381. The number of morpholine rings is 1. The molecule has 2 aliphatic rings. The maximum atomic E-state index is 6.04. The van der Waals surface area contributed by atoms with Crippen molar-refractivity contribution in [1.82, 2.24) is 10.2 Å². The van der Waals surface area contributed by atoms with Gasteiger partial charge in [-0.2, -0.15) is 0 Å². The Kier molecular flexibility index (Phi) is 4.38. The average molecular weight is 281 g/mol. The third kappa shape index (κ3) is 3.29. The highest BCUT2D eigenvalue weighted by atomic mass is 35.5. The number of hydrogen-bond donors (Lipinski definition) is 1. The van der Waals surface area contributed by atoms with Gasteiger partial charge in [0.25, 0.3) is 0 Å². The van der Waals surface area contributed by atoms with Crippen LogP contribution in [0.15, 0.2) is 18.2 Å². The highest BCUT2D eigenvalue weighted by molar-refractivity contribution is 6.30. The Hall–Kier alpha value is -0.610. The molecule has 1 atom stereocenters. The van der Waals surface area contributed by atoms with Gasteiger partial charge in [0.15, 0.2) is 0 Å². The fourth-order valence-electron chi connectivity index (χ4n) is 3.02. The molecule has 1 unspecified atom stereocenters. The number of fused-ring (bicyclic) bond motifs is 1. The van der Waals surface area contributed by atoms with Crippen molar-refractivity contribution < 1.29 is 4.74 Å². The van der Waals surface area contributed by atoms with E-state index >= 15 is 0 Å². The Morgan fingerprint density at radius 3 is 3.00 bits per heavy atom. The first kappa shape index (κ1) is 13.4. The van der Waals surface area contributed by atoms with Crippen LogP contribution in [0.4, 0.5) is 0 Å². The van der Waals surface area contributed by atoms with Crippen molar-refractivity contribution in [2.24, 2.45) is 0 Å². The topological polar surface area (TPSA) is 24.5 Å². The van der Waals surface area contributed by atoms with Crippen LogP contribution < -0.4 is 5.32 Å². The number of nitrogens with one attached hydrogen (secondary N) is 1. The number of hydrogen-bond acceptors (Lipinski definition) is 3. The second-order valence-electron chi connectivity index (χ2n) is 5.34. The minimum absolute atomic E-state index is 0.508. The maximum Gasteiger partial charge on any atom is 0.0594 e. The van der Waals surface area contributed by atoms with Crippen LogP contribution in [0, 0.1) is 0 Å². The monoisotopic (exact) mass is 280 g/mol. The van der Waals surface area contributed by atoms with Gasteiger partial charge in [-0.3, -0.25) is 4.90 Å². The Morgan fingerprint density at radius 2 is 2.16 bits per heavy atom. The average Bonchev–Trinajstić information content (AvgIpc) is 2.82. The number of benzene rings is 1. The van der Waals surface area contributed by atoms with Crippen LogP contribution in [0.5, 0.6) is 0 Å². The number of aryl methyl sites for hydroxylation is 1. The van der Waals surface area contributed by atoms with Gasteiger partial charge in [-0.05, 0) is 36.1 Å². The smallest absolute Gasteiger partial charge is 0.0594 e. The predicted molar refractivity (Wildman–Crippen MR) is 77.8 cm³/mol. The first-order valence-electron chi connectivity index (χ1n) is 7.15. The molecule has 1 fully saturated rings. The first-order chi connectivity index (χ1) is 9.33. The Balaban J connectivity index is 1.49. The van der Waals surface area contributed by atoms with Crippen LogP contribution in [0.25, 0.3) is 0 Å². The van der Waals surface area contributed by atoms with Crippen molar-refractivity contribution in [3.8, 4) is 0 Å². The van der Waals surface area contributed by atoms with E-state index in [1.807, 2.05) is 6.07 Å². The molecule has 19 heavy (non-hydrogen) atoms. The second-order valence-corrected chi connectivity index (χ2v) is 5.78. The summed E-state index contributed by atoms with van der Waals surface area (Å²) >= 11 is 6.04. The molecule has 3 rings (SSSR count). The molecule has 1 aromatic rings. The summed E-state index contributed by atoms with van der Waals surface area (Å²) in [6.45, 7) is 6.06. The van der Waals surface area contributed by atoms with E-state index in [1.165, 1.54) is 17.5 Å². The van der Waals surface area contributed by atoms with Gasteiger partial charge in [0.05, 0.1) is 13.2 Å². The molecule has 3 nitrogen and oxygen atoms in total. The Bertz CT molecular complexity index is 432. The Labute approximate surface area is 119 Å². The predicted octanol–water partition coefficient (Wildman–Crippen LogP) is 2.25. The van der Waals surface area contributed by atoms with Crippen molar-refractivity contribution in [3.63, 3.8) is 0 Å². The SMILES string of the molecule is Clc1ccc2c(c1)CCC2NCCN1CCOCC1. The zero-order chi connectivity index (χ0) is 13.1. The van der Waals surface area contributed by atoms with Gasteiger partial charge < -0.3 is 10.1 Å². The van der Waals surface area contributed by atoms with Crippen LogP contribution in [-0.4, -0.2) is 44.3 Å². The lowest BCUT2D eigenvalue weighted by Gasteiger charge is -2.27. The van der Waals surface area contributed by atoms with Crippen LogP contribution in [-0.2, 0) is 11.2 Å². The third-order valence-corrected chi connectivity index (χ3v) is 4.34. The van der Waals surface area contributed by atoms with Crippen molar-refractivity contribution in [2.75, 3.05) is 39.4 Å². The summed E-state index contributed by atoms with van der Waals surface area (Å²) in [5, 5.41) is 4.53. The molecule has 4 heteroatoms. The Morgan fingerprint density at radius 1 is 1.32 bits per heavy atom. The molecule has 1 aliphatic carbocycles. The van der Waals surface area contributed by atoms with Crippen molar-refractivity contribution >= 4 is 11.6 Å². The molecule has 1 aliphatic heterocycles. The molecule has 0 spiro atoms. The van der Waals surface area contributed by atoms with E-state index in [2.05, 4.69) is 22.3 Å². The number of halogens is 1. The van der Waals surface area contributed by atoms with Crippen molar-refractivity contribution in [2.45, 2.75) is 18.9 Å². The van der Waals surface area contributed by atoms with E-state index in [4.69, 9.17) is 16.3 Å². The zero-order valence-electron chi connectivity index (χ0n) is 11.2. The van der Waals surface area contributed by atoms with Gasteiger partial charge in [-0.1, -0.05) is 17.7 Å². The third-order valence-electron chi connectivity index (χ3n) is 4.11. The molecule has 1 saturated heterocycles. The van der Waals surface area contributed by atoms with Gasteiger partial charge in [0.2, 0.25) is 0 Å². The van der Waals surface area contributed by atoms with E-state index in [0.717, 1.165) is 50.8 Å². The number of rotatable bonds is 4. The van der Waals surface area contributed by atoms with E-state index in [0.29, 0.717) is 6.04 Å². The fraction of sp³-hybridized carbons (Fsp3) is 0.600. The van der Waals surface area contributed by atoms with Crippen LogP contribution in [0.3, 0.4) is 0 Å². The highest BCUT2D eigenvalue weighted by Crippen LogP contribution is 2.32. The summed E-state index contributed by atoms with van der Waals surface area (Å²) in [7, 11) is 0. The quantitative estimate of drug-likeness (QED) is 0.916. The molecular weight excluding hydrogens is 260 g/mol. The van der Waals surface area contributed by atoms with E-state index < -0.39 is 0 Å². The molecule has 0 amide bonds. The van der Waals surface area contributed by atoms with E-state index in [-0.39, 0.29) is 0 Å². The molecule has 0 aromatic heterocycles. The van der Waals surface area contributed by atoms with E-state index in [1.54, 1.807) is 0 Å². The molecule has 104 valence electrons. The van der Waals surface area contributed by atoms with Crippen LogP contribution in [0.2, 0.25) is 5.02 Å². The summed E-state index contributed by atoms with van der Waals surface area (Å²) in [5.74, 6) is 0. The number of nitrogens with zero attached hydrogens (tertiary/aromatic N) is 1. The molecule has 0 bridgehead atoms. The lowest BCUT2D eigenvalue weighted by Crippen LogP contribution is -2.40. The molecule has 0 saturated carbocycles. The highest BCUT2D eigenvalue weighted by Gasteiger charge is 2.22. The van der Waals surface area contributed by atoms with Crippen LogP contribution in [0.1, 0.15) is 23.6 Å². The first-order valence-corrected chi connectivity index (χ1v) is 7.52. The number of ether oxygens (including phenoxy) is 1. The summed E-state index contributed by atoms with van der Waals surface area (Å²) < 4.78 is 5.36. The molecule has 1 aromatic carbocycles. The minimum atomic E-state index is 0.508. The molecule has 1 heterocycles. The van der Waals surface area contributed by atoms with Crippen molar-refractivity contribution in [3.05, 3.63) is 34.3 Å². The minimum Gasteiger partial charge on any atom is -0.379 e. The van der Waals surface area contributed by atoms with Crippen LogP contribution >= 0.6 is 11.6 Å². The van der Waals surface area contributed by atoms with E-state index in [9.17, 15) is 0 Å². The zero-order valence-corrected chi connectivity index (χ0v) is 12.0. The fourth-order valence-corrected chi connectivity index (χ4v) is 3.21. The molecule has 1 N–H and O–H groups in total. The lowest BCUT2D eigenvalue weighted by atomic mass is 10.1. The summed E-state index contributed by atoms with van der Waals surface area (Å²) in [5.41, 5.74) is 2.85.